The summed E-state index contributed by atoms with van der Waals surface area (Å²) in [5, 5.41) is 13.0. The molecule has 0 fully saturated rings. The Bertz CT molecular complexity index is 501. The van der Waals surface area contributed by atoms with E-state index in [2.05, 4.69) is 5.32 Å². The van der Waals surface area contributed by atoms with Crippen molar-refractivity contribution in [3.63, 3.8) is 0 Å². The van der Waals surface area contributed by atoms with Gasteiger partial charge in [0.1, 0.15) is 5.75 Å². The van der Waals surface area contributed by atoms with Gasteiger partial charge in [0.15, 0.2) is 6.10 Å². The van der Waals surface area contributed by atoms with E-state index in [1.54, 1.807) is 6.92 Å². The Kier molecular flexibility index (Phi) is 5.23. The van der Waals surface area contributed by atoms with Crippen molar-refractivity contribution in [3.8, 4) is 5.75 Å². The summed E-state index contributed by atoms with van der Waals surface area (Å²) in [5.74, 6) is 0.622. The number of rotatable bonds is 5. The highest BCUT2D eigenvalue weighted by molar-refractivity contribution is 5.81. The first-order valence-corrected chi connectivity index (χ1v) is 7.79. The van der Waals surface area contributed by atoms with Gasteiger partial charge < -0.3 is 15.2 Å². The Morgan fingerprint density at radius 1 is 1.48 bits per heavy atom. The molecule has 3 atom stereocenters. The fourth-order valence-corrected chi connectivity index (χ4v) is 2.61. The van der Waals surface area contributed by atoms with Gasteiger partial charge in [-0.15, -0.1) is 0 Å². The lowest BCUT2D eigenvalue weighted by Crippen LogP contribution is -2.41. The van der Waals surface area contributed by atoms with E-state index in [9.17, 15) is 9.90 Å². The standard InChI is InChI=1S/C17H25NO3/c1-4-11(2)18-17(20)12(3)21-16-10-6-7-13-14(16)8-5-9-15(13)19/h6-7,10-12,15,19H,4-5,8-9H2,1-3H3,(H,18,20). The van der Waals surface area contributed by atoms with Crippen molar-refractivity contribution in [2.45, 2.75) is 64.7 Å². The van der Waals surface area contributed by atoms with Crippen molar-refractivity contribution in [3.05, 3.63) is 29.3 Å². The molecule has 1 aromatic carbocycles. The summed E-state index contributed by atoms with van der Waals surface area (Å²) in [5.41, 5.74) is 1.98. The summed E-state index contributed by atoms with van der Waals surface area (Å²) in [7, 11) is 0. The molecule has 2 rings (SSSR count). The highest BCUT2D eigenvalue weighted by Crippen LogP contribution is 2.35. The minimum atomic E-state index is -0.537. The van der Waals surface area contributed by atoms with Gasteiger partial charge in [-0.3, -0.25) is 4.79 Å². The van der Waals surface area contributed by atoms with E-state index in [0.29, 0.717) is 0 Å². The van der Waals surface area contributed by atoms with E-state index < -0.39 is 12.2 Å². The molecule has 0 radical (unpaired) electrons. The zero-order chi connectivity index (χ0) is 15.4. The maximum atomic E-state index is 12.1. The van der Waals surface area contributed by atoms with Crippen LogP contribution in [0.1, 0.15) is 57.3 Å². The maximum Gasteiger partial charge on any atom is 0.260 e. The molecule has 1 aromatic rings. The predicted octanol–water partition coefficient (Wildman–Crippen LogP) is 2.74. The highest BCUT2D eigenvalue weighted by Gasteiger charge is 2.23. The molecule has 1 aliphatic rings. The number of fused-ring (bicyclic) bond motifs is 1. The Morgan fingerprint density at radius 2 is 2.24 bits per heavy atom. The smallest absolute Gasteiger partial charge is 0.260 e. The number of ether oxygens (including phenoxy) is 1. The van der Waals surface area contributed by atoms with Crippen molar-refractivity contribution in [1.82, 2.24) is 5.32 Å². The van der Waals surface area contributed by atoms with Crippen LogP contribution in [0, 0.1) is 0 Å². The van der Waals surface area contributed by atoms with Crippen LogP contribution in [0.4, 0.5) is 0 Å². The number of amides is 1. The number of carbonyl (C=O) groups is 1. The van der Waals surface area contributed by atoms with Gasteiger partial charge in [-0.1, -0.05) is 19.1 Å². The van der Waals surface area contributed by atoms with E-state index in [4.69, 9.17) is 4.74 Å². The molecule has 0 aliphatic heterocycles. The van der Waals surface area contributed by atoms with Crippen molar-refractivity contribution in [1.29, 1.82) is 0 Å². The van der Waals surface area contributed by atoms with Gasteiger partial charge >= 0.3 is 0 Å². The maximum absolute atomic E-state index is 12.1. The number of nitrogens with one attached hydrogen (secondary N) is 1. The Hall–Kier alpha value is -1.55. The molecule has 116 valence electrons. The molecule has 1 aliphatic carbocycles. The minimum absolute atomic E-state index is 0.0988. The first-order chi connectivity index (χ1) is 10.0. The zero-order valence-corrected chi connectivity index (χ0v) is 13.1. The molecule has 2 N–H and O–H groups in total. The number of hydrogen-bond acceptors (Lipinski definition) is 3. The Morgan fingerprint density at radius 3 is 2.95 bits per heavy atom. The Balaban J connectivity index is 2.09. The average Bonchev–Trinajstić information content (AvgIpc) is 2.48. The van der Waals surface area contributed by atoms with Gasteiger partial charge in [0.2, 0.25) is 0 Å². The van der Waals surface area contributed by atoms with Crippen LogP contribution < -0.4 is 10.1 Å². The molecule has 0 heterocycles. The lowest BCUT2D eigenvalue weighted by atomic mass is 9.89. The number of aliphatic hydroxyl groups is 1. The van der Waals surface area contributed by atoms with Crippen LogP contribution in [0.25, 0.3) is 0 Å². The molecule has 1 amide bonds. The fourth-order valence-electron chi connectivity index (χ4n) is 2.61. The quantitative estimate of drug-likeness (QED) is 0.877. The predicted molar refractivity (Wildman–Crippen MR) is 82.3 cm³/mol. The molecule has 3 unspecified atom stereocenters. The van der Waals surface area contributed by atoms with Gasteiger partial charge in [-0.2, -0.15) is 0 Å². The molecular formula is C17H25NO3. The molecule has 4 heteroatoms. The van der Waals surface area contributed by atoms with Crippen LogP contribution in [0.15, 0.2) is 18.2 Å². The van der Waals surface area contributed by atoms with Crippen LogP contribution >= 0.6 is 0 Å². The molecule has 0 bridgehead atoms. The van der Waals surface area contributed by atoms with E-state index in [-0.39, 0.29) is 11.9 Å². The SMILES string of the molecule is CCC(C)NC(=O)C(C)Oc1cccc2c1CCCC2O. The van der Waals surface area contributed by atoms with E-state index in [1.807, 2.05) is 32.0 Å². The van der Waals surface area contributed by atoms with Crippen LogP contribution in [0.3, 0.4) is 0 Å². The third-order valence-corrected chi connectivity index (χ3v) is 4.11. The lowest BCUT2D eigenvalue weighted by molar-refractivity contribution is -0.127. The molecular weight excluding hydrogens is 266 g/mol. The van der Waals surface area contributed by atoms with Crippen LogP contribution in [-0.2, 0) is 11.2 Å². The monoisotopic (exact) mass is 291 g/mol. The summed E-state index contributed by atoms with van der Waals surface area (Å²) in [6.45, 7) is 5.77. The molecule has 21 heavy (non-hydrogen) atoms. The van der Waals surface area contributed by atoms with E-state index in [1.165, 1.54) is 0 Å². The van der Waals surface area contributed by atoms with Crippen LogP contribution in [0.5, 0.6) is 5.75 Å². The molecule has 0 spiro atoms. The van der Waals surface area contributed by atoms with Gasteiger partial charge in [-0.05, 0) is 56.7 Å². The second kappa shape index (κ2) is 6.94. The van der Waals surface area contributed by atoms with Crippen LogP contribution in [-0.4, -0.2) is 23.2 Å². The number of carbonyl (C=O) groups excluding carboxylic acids is 1. The second-order valence-electron chi connectivity index (χ2n) is 5.81. The zero-order valence-electron chi connectivity index (χ0n) is 13.1. The topological polar surface area (TPSA) is 58.6 Å². The summed E-state index contributed by atoms with van der Waals surface area (Å²) < 4.78 is 5.85. The van der Waals surface area contributed by atoms with Crippen molar-refractivity contribution >= 4 is 5.91 Å². The molecule has 4 nitrogen and oxygen atoms in total. The highest BCUT2D eigenvalue weighted by atomic mass is 16.5. The Labute approximate surface area is 126 Å². The average molecular weight is 291 g/mol. The van der Waals surface area contributed by atoms with E-state index in [0.717, 1.165) is 42.6 Å². The first-order valence-electron chi connectivity index (χ1n) is 7.79. The number of aliphatic hydroxyl groups excluding tert-OH is 1. The van der Waals surface area contributed by atoms with E-state index >= 15 is 0 Å². The summed E-state index contributed by atoms with van der Waals surface area (Å²) >= 11 is 0. The first kappa shape index (κ1) is 15.8. The summed E-state index contributed by atoms with van der Waals surface area (Å²) in [4.78, 5) is 12.1. The molecule has 0 aromatic heterocycles. The van der Waals surface area contributed by atoms with Gasteiger partial charge in [0, 0.05) is 6.04 Å². The normalized spacial score (nSPS) is 20.3. The summed E-state index contributed by atoms with van der Waals surface area (Å²) in [6, 6.07) is 5.84. The van der Waals surface area contributed by atoms with Gasteiger partial charge in [0.05, 0.1) is 6.10 Å². The lowest BCUT2D eigenvalue weighted by Gasteiger charge is -2.25. The van der Waals surface area contributed by atoms with Gasteiger partial charge in [0.25, 0.3) is 5.91 Å². The minimum Gasteiger partial charge on any atom is -0.481 e. The van der Waals surface area contributed by atoms with Gasteiger partial charge in [-0.25, -0.2) is 0 Å². The molecule has 0 saturated heterocycles. The van der Waals surface area contributed by atoms with Crippen molar-refractivity contribution in [2.24, 2.45) is 0 Å². The number of benzene rings is 1. The number of hydrogen-bond donors (Lipinski definition) is 2. The van der Waals surface area contributed by atoms with Crippen LogP contribution in [0.2, 0.25) is 0 Å². The fraction of sp³-hybridized carbons (Fsp3) is 0.588. The molecule has 0 saturated carbocycles. The summed E-state index contributed by atoms with van der Waals surface area (Å²) in [6.07, 6.45) is 2.57. The second-order valence-corrected chi connectivity index (χ2v) is 5.81. The van der Waals surface area contributed by atoms with Crippen molar-refractivity contribution in [2.75, 3.05) is 0 Å². The van der Waals surface area contributed by atoms with Crippen molar-refractivity contribution < 1.29 is 14.6 Å². The largest absolute Gasteiger partial charge is 0.481 e. The third kappa shape index (κ3) is 3.76. The third-order valence-electron chi connectivity index (χ3n) is 4.11.